The zero-order chi connectivity index (χ0) is 18.8. The van der Waals surface area contributed by atoms with Crippen LogP contribution in [0, 0.1) is 0 Å². The van der Waals surface area contributed by atoms with Crippen molar-refractivity contribution in [3.05, 3.63) is 29.8 Å². The Hall–Kier alpha value is -1.83. The van der Waals surface area contributed by atoms with Crippen molar-refractivity contribution in [1.29, 1.82) is 0 Å². The largest absolute Gasteiger partial charge is 0.482 e. The Morgan fingerprint density at radius 3 is 2.44 bits per heavy atom. The second-order valence-corrected chi connectivity index (χ2v) is 6.19. The Morgan fingerprint density at radius 2 is 1.85 bits per heavy atom. The van der Waals surface area contributed by atoms with Crippen LogP contribution < -0.4 is 15.4 Å². The van der Waals surface area contributed by atoms with Crippen molar-refractivity contribution >= 4 is 24.3 Å². The molecule has 0 aliphatic carbocycles. The summed E-state index contributed by atoms with van der Waals surface area (Å²) in [5.41, 5.74) is 0.362. The number of nitrogens with one attached hydrogen (secondary N) is 2. The summed E-state index contributed by atoms with van der Waals surface area (Å²) in [7, 11) is 1.60. The number of hydrogen-bond acceptors (Lipinski definition) is 6. The van der Waals surface area contributed by atoms with E-state index in [1.807, 2.05) is 12.1 Å². The van der Waals surface area contributed by atoms with Crippen LogP contribution in [0.1, 0.15) is 25.3 Å². The van der Waals surface area contributed by atoms with Crippen LogP contribution in [0.2, 0.25) is 0 Å². The number of carbonyl (C=O) groups is 2. The molecule has 152 valence electrons. The predicted octanol–water partition coefficient (Wildman–Crippen LogP) is 1.48. The topological polar surface area (TPSA) is 85.9 Å². The smallest absolute Gasteiger partial charge is 0.344 e. The number of esters is 1. The van der Waals surface area contributed by atoms with E-state index in [2.05, 4.69) is 10.6 Å². The quantitative estimate of drug-likeness (QED) is 0.611. The zero-order valence-electron chi connectivity index (χ0n) is 15.9. The number of halogens is 1. The average molecular weight is 401 g/mol. The van der Waals surface area contributed by atoms with Crippen LogP contribution in [-0.4, -0.2) is 57.4 Å². The Morgan fingerprint density at radius 1 is 1.19 bits per heavy atom. The monoisotopic (exact) mass is 400 g/mol. The van der Waals surface area contributed by atoms with E-state index in [0.29, 0.717) is 38.2 Å². The summed E-state index contributed by atoms with van der Waals surface area (Å²) in [5.74, 6) is 0.180. The van der Waals surface area contributed by atoms with E-state index < -0.39 is 5.60 Å². The molecule has 1 aromatic rings. The zero-order valence-corrected chi connectivity index (χ0v) is 16.7. The number of carbonyl (C=O) groups excluding carboxylic acids is 2. The summed E-state index contributed by atoms with van der Waals surface area (Å²) in [6, 6.07) is 7.45. The molecule has 0 spiro atoms. The molecule has 0 unspecified atom stereocenters. The highest BCUT2D eigenvalue weighted by Crippen LogP contribution is 2.22. The van der Waals surface area contributed by atoms with Gasteiger partial charge in [0, 0.05) is 13.7 Å². The van der Waals surface area contributed by atoms with Crippen LogP contribution in [0.3, 0.4) is 0 Å². The number of benzene rings is 1. The standard InChI is InChI=1S/C19H28N2O5.ClH/c1-3-25-17(22)14-26-16-6-4-15(5-7-16)8-11-21-18(23)19(24-2)9-12-20-13-10-19;/h4-7,20H,3,8-14H2,1-2H3,(H,21,23);1H. The molecule has 1 aliphatic rings. The number of methoxy groups -OCH3 is 1. The van der Waals surface area contributed by atoms with Gasteiger partial charge in [0.2, 0.25) is 0 Å². The molecule has 2 N–H and O–H groups in total. The van der Waals surface area contributed by atoms with E-state index in [0.717, 1.165) is 18.7 Å². The van der Waals surface area contributed by atoms with Gasteiger partial charge in [0.05, 0.1) is 6.61 Å². The summed E-state index contributed by atoms with van der Waals surface area (Å²) in [6.07, 6.45) is 2.08. The maximum atomic E-state index is 12.5. The molecule has 8 heteroatoms. The number of rotatable bonds is 9. The van der Waals surface area contributed by atoms with Crippen molar-refractivity contribution in [2.24, 2.45) is 0 Å². The number of amides is 1. The SMILES string of the molecule is CCOC(=O)COc1ccc(CCNC(=O)C2(OC)CCNCC2)cc1.Cl. The van der Waals surface area contributed by atoms with Gasteiger partial charge in [-0.25, -0.2) is 4.79 Å². The van der Waals surface area contributed by atoms with Crippen molar-refractivity contribution in [3.63, 3.8) is 0 Å². The maximum absolute atomic E-state index is 12.5. The highest BCUT2D eigenvalue weighted by Gasteiger charge is 2.39. The summed E-state index contributed by atoms with van der Waals surface area (Å²) in [4.78, 5) is 23.7. The summed E-state index contributed by atoms with van der Waals surface area (Å²) < 4.78 is 15.7. The fourth-order valence-corrected chi connectivity index (χ4v) is 2.93. The molecule has 1 fully saturated rings. The third-order valence-corrected chi connectivity index (χ3v) is 4.50. The molecule has 1 amide bonds. The van der Waals surface area contributed by atoms with Gasteiger partial charge in [0.15, 0.2) is 6.61 Å². The molecular formula is C19H29ClN2O5. The van der Waals surface area contributed by atoms with Gasteiger partial charge in [-0.3, -0.25) is 4.79 Å². The first kappa shape index (κ1) is 23.2. The molecule has 0 bridgehead atoms. The summed E-state index contributed by atoms with van der Waals surface area (Å²) >= 11 is 0. The lowest BCUT2D eigenvalue weighted by atomic mass is 9.91. The molecule has 0 atom stereocenters. The highest BCUT2D eigenvalue weighted by atomic mass is 35.5. The Labute approximate surface area is 166 Å². The minimum Gasteiger partial charge on any atom is -0.482 e. The van der Waals surface area contributed by atoms with Gasteiger partial charge in [0.1, 0.15) is 11.4 Å². The molecule has 1 heterocycles. The lowest BCUT2D eigenvalue weighted by molar-refractivity contribution is -0.146. The Kier molecular flexibility index (Phi) is 10.1. The number of ether oxygens (including phenoxy) is 3. The molecular weight excluding hydrogens is 372 g/mol. The van der Waals surface area contributed by atoms with E-state index >= 15 is 0 Å². The maximum Gasteiger partial charge on any atom is 0.344 e. The molecule has 0 radical (unpaired) electrons. The van der Waals surface area contributed by atoms with E-state index in [4.69, 9.17) is 14.2 Å². The first-order chi connectivity index (χ1) is 12.6. The molecule has 0 aromatic heterocycles. The van der Waals surface area contributed by atoms with Gasteiger partial charge in [-0.2, -0.15) is 0 Å². The lowest BCUT2D eigenvalue weighted by Crippen LogP contribution is -2.54. The molecule has 1 aromatic carbocycles. The second kappa shape index (κ2) is 11.8. The Bertz CT molecular complexity index is 588. The van der Waals surface area contributed by atoms with Gasteiger partial charge in [-0.15, -0.1) is 12.4 Å². The van der Waals surface area contributed by atoms with Crippen LogP contribution in [0.4, 0.5) is 0 Å². The number of hydrogen-bond donors (Lipinski definition) is 2. The van der Waals surface area contributed by atoms with Crippen molar-refractivity contribution in [1.82, 2.24) is 10.6 Å². The van der Waals surface area contributed by atoms with Crippen molar-refractivity contribution in [2.45, 2.75) is 31.8 Å². The van der Waals surface area contributed by atoms with Crippen LogP contribution in [0.15, 0.2) is 24.3 Å². The highest BCUT2D eigenvalue weighted by molar-refractivity contribution is 5.85. The fraction of sp³-hybridized carbons (Fsp3) is 0.579. The molecule has 0 saturated carbocycles. The third kappa shape index (κ3) is 7.01. The minimum absolute atomic E-state index is 0. The molecule has 2 rings (SSSR count). The molecule has 1 aliphatic heterocycles. The first-order valence-corrected chi connectivity index (χ1v) is 9.01. The average Bonchev–Trinajstić information content (AvgIpc) is 2.68. The number of piperidine rings is 1. The molecule has 27 heavy (non-hydrogen) atoms. The van der Waals surface area contributed by atoms with Crippen LogP contribution in [0.25, 0.3) is 0 Å². The van der Waals surface area contributed by atoms with Gasteiger partial charge in [0.25, 0.3) is 5.91 Å². The van der Waals surface area contributed by atoms with Gasteiger partial charge < -0.3 is 24.8 Å². The van der Waals surface area contributed by atoms with Crippen molar-refractivity contribution in [2.75, 3.05) is 40.0 Å². The summed E-state index contributed by atoms with van der Waals surface area (Å²) in [6.45, 7) is 4.11. The second-order valence-electron chi connectivity index (χ2n) is 6.19. The Balaban J connectivity index is 0.00000364. The van der Waals surface area contributed by atoms with Crippen LogP contribution in [0.5, 0.6) is 5.75 Å². The third-order valence-electron chi connectivity index (χ3n) is 4.50. The molecule has 7 nitrogen and oxygen atoms in total. The van der Waals surface area contributed by atoms with E-state index in [9.17, 15) is 9.59 Å². The van der Waals surface area contributed by atoms with Gasteiger partial charge in [-0.05, 0) is 57.0 Å². The van der Waals surface area contributed by atoms with Gasteiger partial charge >= 0.3 is 5.97 Å². The van der Waals surface area contributed by atoms with E-state index in [1.165, 1.54) is 0 Å². The molecule has 1 saturated heterocycles. The van der Waals surface area contributed by atoms with E-state index in [1.54, 1.807) is 26.2 Å². The van der Waals surface area contributed by atoms with E-state index in [-0.39, 0.29) is 30.9 Å². The van der Waals surface area contributed by atoms with Gasteiger partial charge in [-0.1, -0.05) is 12.1 Å². The van der Waals surface area contributed by atoms with Crippen LogP contribution >= 0.6 is 12.4 Å². The predicted molar refractivity (Wildman–Crippen MR) is 104 cm³/mol. The van der Waals surface area contributed by atoms with Crippen LogP contribution in [-0.2, 0) is 25.5 Å². The van der Waals surface area contributed by atoms with Crippen molar-refractivity contribution < 1.29 is 23.8 Å². The minimum atomic E-state index is -0.712. The first-order valence-electron chi connectivity index (χ1n) is 9.01. The van der Waals surface area contributed by atoms with Crippen molar-refractivity contribution in [3.8, 4) is 5.75 Å². The fourth-order valence-electron chi connectivity index (χ4n) is 2.93. The normalized spacial score (nSPS) is 15.3. The summed E-state index contributed by atoms with van der Waals surface area (Å²) in [5, 5.41) is 6.22. The lowest BCUT2D eigenvalue weighted by Gasteiger charge is -2.34.